The first-order valence-corrected chi connectivity index (χ1v) is 8.85. The van der Waals surface area contributed by atoms with Crippen LogP contribution in [0, 0.1) is 5.92 Å². The van der Waals surface area contributed by atoms with Crippen LogP contribution in [0.15, 0.2) is 0 Å². The summed E-state index contributed by atoms with van der Waals surface area (Å²) in [4.78, 5) is 5.62. The van der Waals surface area contributed by atoms with Crippen LogP contribution >= 0.6 is 0 Å². The second-order valence-corrected chi connectivity index (χ2v) is 7.14. The molecule has 0 radical (unpaired) electrons. The lowest BCUT2D eigenvalue weighted by molar-refractivity contribution is 0.0141. The van der Waals surface area contributed by atoms with Crippen LogP contribution in [0.25, 0.3) is 0 Å². The van der Waals surface area contributed by atoms with Gasteiger partial charge in [-0.05, 0) is 51.0 Å². The molecule has 110 valence electrons. The summed E-state index contributed by atoms with van der Waals surface area (Å²) in [5, 5.41) is 0. The van der Waals surface area contributed by atoms with Crippen molar-refractivity contribution in [2.45, 2.75) is 76.8 Å². The molecule has 2 aliphatic heterocycles. The Morgan fingerprint density at radius 2 is 1.58 bits per heavy atom. The first kappa shape index (κ1) is 13.9. The van der Waals surface area contributed by atoms with Gasteiger partial charge in [-0.2, -0.15) is 0 Å². The maximum atomic E-state index is 2.86. The molecule has 1 unspecified atom stereocenters. The third-order valence-corrected chi connectivity index (χ3v) is 5.90. The molecule has 0 aromatic carbocycles. The van der Waals surface area contributed by atoms with Crippen LogP contribution in [0.5, 0.6) is 0 Å². The molecule has 1 aliphatic carbocycles. The SMILES string of the molecule is CCCC1CCC(N2CCN3CCCCC3C2)CC1. The molecule has 0 N–H and O–H groups in total. The van der Waals surface area contributed by atoms with Crippen molar-refractivity contribution in [3.8, 4) is 0 Å². The predicted octanol–water partition coefficient (Wildman–Crippen LogP) is 3.52. The van der Waals surface area contributed by atoms with Crippen LogP contribution < -0.4 is 0 Å². The summed E-state index contributed by atoms with van der Waals surface area (Å²) in [6, 6.07) is 1.83. The van der Waals surface area contributed by atoms with E-state index < -0.39 is 0 Å². The van der Waals surface area contributed by atoms with Gasteiger partial charge in [0.2, 0.25) is 0 Å². The highest BCUT2D eigenvalue weighted by Crippen LogP contribution is 2.32. The molecular formula is C17H32N2. The van der Waals surface area contributed by atoms with Crippen LogP contribution in [0.4, 0.5) is 0 Å². The van der Waals surface area contributed by atoms with Gasteiger partial charge in [0.1, 0.15) is 0 Å². The molecule has 0 amide bonds. The molecule has 0 aromatic heterocycles. The van der Waals surface area contributed by atoms with E-state index >= 15 is 0 Å². The minimum absolute atomic E-state index is 0.899. The lowest BCUT2D eigenvalue weighted by atomic mass is 9.82. The number of rotatable bonds is 3. The molecule has 3 aliphatic rings. The normalized spacial score (nSPS) is 38.1. The van der Waals surface area contributed by atoms with Gasteiger partial charge in [0.05, 0.1) is 0 Å². The number of hydrogen-bond acceptors (Lipinski definition) is 2. The first-order valence-electron chi connectivity index (χ1n) is 8.85. The minimum atomic E-state index is 0.899. The summed E-state index contributed by atoms with van der Waals surface area (Å²) < 4.78 is 0. The second-order valence-electron chi connectivity index (χ2n) is 7.14. The Kier molecular flexibility index (Phi) is 4.81. The molecule has 0 bridgehead atoms. The third-order valence-electron chi connectivity index (χ3n) is 5.90. The molecule has 3 fully saturated rings. The third kappa shape index (κ3) is 3.33. The van der Waals surface area contributed by atoms with Crippen LogP contribution in [0.2, 0.25) is 0 Å². The van der Waals surface area contributed by atoms with Crippen molar-refractivity contribution in [1.29, 1.82) is 0 Å². The Morgan fingerprint density at radius 1 is 0.789 bits per heavy atom. The molecule has 2 nitrogen and oxygen atoms in total. The van der Waals surface area contributed by atoms with Crippen LogP contribution in [0.1, 0.15) is 64.7 Å². The average Bonchev–Trinajstić information content (AvgIpc) is 2.48. The number of piperidine rings is 1. The van der Waals surface area contributed by atoms with Gasteiger partial charge < -0.3 is 0 Å². The molecule has 0 spiro atoms. The summed E-state index contributed by atoms with van der Waals surface area (Å²) >= 11 is 0. The summed E-state index contributed by atoms with van der Waals surface area (Å²) in [6.07, 6.45) is 13.2. The largest absolute Gasteiger partial charge is 0.298 e. The molecule has 1 saturated carbocycles. The monoisotopic (exact) mass is 264 g/mol. The Bertz CT molecular complexity index is 270. The maximum Gasteiger partial charge on any atom is 0.0223 e. The summed E-state index contributed by atoms with van der Waals surface area (Å²) in [6.45, 7) is 7.79. The van der Waals surface area contributed by atoms with Crippen LogP contribution in [-0.4, -0.2) is 48.1 Å². The van der Waals surface area contributed by atoms with E-state index in [0.717, 1.165) is 18.0 Å². The number of hydrogen-bond donors (Lipinski definition) is 0. The molecule has 19 heavy (non-hydrogen) atoms. The van der Waals surface area contributed by atoms with E-state index in [-0.39, 0.29) is 0 Å². The van der Waals surface area contributed by atoms with E-state index in [1.165, 1.54) is 84.0 Å². The summed E-state index contributed by atoms with van der Waals surface area (Å²) in [7, 11) is 0. The highest BCUT2D eigenvalue weighted by molar-refractivity contribution is 4.89. The highest BCUT2D eigenvalue weighted by Gasteiger charge is 2.33. The number of nitrogens with zero attached hydrogens (tertiary/aromatic N) is 2. The Labute approximate surface area is 119 Å². The van der Waals surface area contributed by atoms with Gasteiger partial charge >= 0.3 is 0 Å². The second kappa shape index (κ2) is 6.58. The van der Waals surface area contributed by atoms with Gasteiger partial charge in [0.15, 0.2) is 0 Å². The summed E-state index contributed by atoms with van der Waals surface area (Å²) in [5.41, 5.74) is 0. The van der Waals surface area contributed by atoms with Crippen molar-refractivity contribution < 1.29 is 0 Å². The Morgan fingerprint density at radius 3 is 2.37 bits per heavy atom. The predicted molar refractivity (Wildman–Crippen MR) is 81.4 cm³/mol. The van der Waals surface area contributed by atoms with E-state index in [4.69, 9.17) is 0 Å². The quantitative estimate of drug-likeness (QED) is 0.769. The van der Waals surface area contributed by atoms with Crippen LogP contribution in [0.3, 0.4) is 0 Å². The van der Waals surface area contributed by atoms with Crippen molar-refractivity contribution in [3.63, 3.8) is 0 Å². The van der Waals surface area contributed by atoms with Gasteiger partial charge in [-0.1, -0.05) is 26.2 Å². The number of fused-ring (bicyclic) bond motifs is 1. The minimum Gasteiger partial charge on any atom is -0.298 e. The molecular weight excluding hydrogens is 232 g/mol. The molecule has 2 heterocycles. The lowest BCUT2D eigenvalue weighted by Crippen LogP contribution is -2.57. The molecule has 3 rings (SSSR count). The maximum absolute atomic E-state index is 2.86. The standard InChI is InChI=1S/C17H32N2/c1-2-5-15-7-9-16(10-8-15)19-13-12-18-11-4-3-6-17(18)14-19/h15-17H,2-14H2,1H3. The van der Waals surface area contributed by atoms with Gasteiger partial charge in [0.25, 0.3) is 0 Å². The Balaban J connectivity index is 1.48. The fourth-order valence-electron chi connectivity index (χ4n) is 4.72. The van der Waals surface area contributed by atoms with E-state index in [2.05, 4.69) is 16.7 Å². The van der Waals surface area contributed by atoms with E-state index in [1.807, 2.05) is 0 Å². The van der Waals surface area contributed by atoms with E-state index in [9.17, 15) is 0 Å². The van der Waals surface area contributed by atoms with Crippen molar-refractivity contribution in [1.82, 2.24) is 9.80 Å². The van der Waals surface area contributed by atoms with Crippen molar-refractivity contribution >= 4 is 0 Å². The topological polar surface area (TPSA) is 6.48 Å². The van der Waals surface area contributed by atoms with Crippen molar-refractivity contribution in [2.75, 3.05) is 26.2 Å². The molecule has 2 heteroatoms. The lowest BCUT2D eigenvalue weighted by Gasteiger charge is -2.47. The zero-order chi connectivity index (χ0) is 13.1. The smallest absolute Gasteiger partial charge is 0.0223 e. The van der Waals surface area contributed by atoms with Crippen molar-refractivity contribution in [3.05, 3.63) is 0 Å². The van der Waals surface area contributed by atoms with E-state index in [1.54, 1.807) is 0 Å². The first-order chi connectivity index (χ1) is 9.36. The molecule has 2 saturated heterocycles. The van der Waals surface area contributed by atoms with Gasteiger partial charge in [-0.15, -0.1) is 0 Å². The zero-order valence-electron chi connectivity index (χ0n) is 12.8. The van der Waals surface area contributed by atoms with Gasteiger partial charge in [-0.3, -0.25) is 9.80 Å². The highest BCUT2D eigenvalue weighted by atomic mass is 15.3. The molecule has 0 aromatic rings. The van der Waals surface area contributed by atoms with Crippen molar-refractivity contribution in [2.24, 2.45) is 5.92 Å². The number of piperazine rings is 1. The molecule has 1 atom stereocenters. The zero-order valence-corrected chi connectivity index (χ0v) is 12.8. The average molecular weight is 264 g/mol. The van der Waals surface area contributed by atoms with Crippen LogP contribution in [-0.2, 0) is 0 Å². The Hall–Kier alpha value is -0.0800. The van der Waals surface area contributed by atoms with Gasteiger partial charge in [-0.25, -0.2) is 0 Å². The van der Waals surface area contributed by atoms with Gasteiger partial charge in [0, 0.05) is 31.7 Å². The van der Waals surface area contributed by atoms with E-state index in [0.29, 0.717) is 0 Å². The fourth-order valence-corrected chi connectivity index (χ4v) is 4.72. The fraction of sp³-hybridized carbons (Fsp3) is 1.00. The summed E-state index contributed by atoms with van der Waals surface area (Å²) in [5.74, 6) is 1.05.